The Morgan fingerprint density at radius 2 is 1.29 bits per heavy atom. The molecule has 7 N–H and O–H groups in total. The quantitative estimate of drug-likeness (QED) is 0.347. The molecule has 1 atom stereocenters. The minimum Gasteiger partial charge on any atom is -0.481 e. The third kappa shape index (κ3) is 20.8. The van der Waals surface area contributed by atoms with Crippen LogP contribution in [0.1, 0.15) is 51.4 Å². The molecule has 0 bridgehead atoms. The summed E-state index contributed by atoms with van der Waals surface area (Å²) in [5, 5.41) is 24.7. The van der Waals surface area contributed by atoms with Crippen molar-refractivity contribution in [2.75, 3.05) is 6.54 Å². The number of carboxylic acid groups (broad SMARTS) is 3. The molecule has 0 saturated carbocycles. The molecule has 0 aromatic heterocycles. The van der Waals surface area contributed by atoms with Crippen molar-refractivity contribution in [3.63, 3.8) is 0 Å². The molecule has 0 rings (SSSR count). The van der Waals surface area contributed by atoms with E-state index in [9.17, 15) is 14.4 Å². The molecule has 0 aliphatic carbocycles. The van der Waals surface area contributed by atoms with E-state index in [2.05, 4.69) is 0 Å². The van der Waals surface area contributed by atoms with Crippen LogP contribution in [0.25, 0.3) is 0 Å². The maximum Gasteiger partial charge on any atom is 0.320 e. The van der Waals surface area contributed by atoms with E-state index in [4.69, 9.17) is 26.8 Å². The Balaban J connectivity index is 0. The van der Waals surface area contributed by atoms with Crippen molar-refractivity contribution in [3.05, 3.63) is 0 Å². The molecule has 0 aliphatic heterocycles. The second kappa shape index (κ2) is 14.7. The van der Waals surface area contributed by atoms with Gasteiger partial charge in [-0.15, -0.1) is 0 Å². The van der Waals surface area contributed by atoms with Gasteiger partial charge in [0.1, 0.15) is 6.04 Å². The van der Waals surface area contributed by atoms with Crippen molar-refractivity contribution in [1.29, 1.82) is 0 Å². The molecule has 0 aromatic rings. The lowest BCUT2D eigenvalue weighted by molar-refractivity contribution is -0.139. The highest BCUT2D eigenvalue weighted by atomic mass is 16.4. The van der Waals surface area contributed by atoms with Crippen LogP contribution in [-0.2, 0) is 14.4 Å². The third-order valence-corrected chi connectivity index (χ3v) is 2.57. The van der Waals surface area contributed by atoms with E-state index in [0.29, 0.717) is 32.2 Å². The molecule has 0 saturated heterocycles. The fourth-order valence-corrected chi connectivity index (χ4v) is 1.36. The zero-order valence-corrected chi connectivity index (χ0v) is 12.2. The monoisotopic (exact) mass is 306 g/mol. The van der Waals surface area contributed by atoms with E-state index < -0.39 is 23.9 Å². The standard InChI is InChI=1S/C7H12O4.C6H14N2O2/c8-6(9)4-2-1-3-5-7(10)11;7-4-2-1-3-5(8)6(9)10/h1-5H2,(H,8,9)(H,10,11);5H,1-4,7-8H2,(H,9,10). The maximum atomic E-state index is 10.1. The Morgan fingerprint density at radius 3 is 1.62 bits per heavy atom. The van der Waals surface area contributed by atoms with E-state index >= 15 is 0 Å². The zero-order chi connectivity index (χ0) is 16.7. The zero-order valence-electron chi connectivity index (χ0n) is 12.2. The van der Waals surface area contributed by atoms with E-state index in [0.717, 1.165) is 12.8 Å². The normalized spacial score (nSPS) is 11.1. The van der Waals surface area contributed by atoms with Gasteiger partial charge >= 0.3 is 17.9 Å². The Kier molecular flexibility index (Phi) is 15.2. The number of rotatable bonds is 11. The predicted molar refractivity (Wildman–Crippen MR) is 76.9 cm³/mol. The summed E-state index contributed by atoms with van der Waals surface area (Å²) in [4.78, 5) is 30.1. The van der Waals surface area contributed by atoms with Crippen LogP contribution < -0.4 is 11.5 Å². The molecule has 0 aliphatic rings. The van der Waals surface area contributed by atoms with Gasteiger partial charge in [0.05, 0.1) is 0 Å². The molecule has 8 nitrogen and oxygen atoms in total. The molecule has 0 heterocycles. The number of hydrogen-bond donors (Lipinski definition) is 5. The van der Waals surface area contributed by atoms with Gasteiger partial charge in [0.15, 0.2) is 0 Å². The summed E-state index contributed by atoms with van der Waals surface area (Å²) in [5.41, 5.74) is 10.4. The first-order valence-electron chi connectivity index (χ1n) is 6.93. The van der Waals surface area contributed by atoms with Gasteiger partial charge < -0.3 is 26.8 Å². The van der Waals surface area contributed by atoms with Crippen LogP contribution >= 0.6 is 0 Å². The van der Waals surface area contributed by atoms with Gasteiger partial charge in [-0.1, -0.05) is 12.8 Å². The minimum atomic E-state index is -0.933. The second-order valence-electron chi connectivity index (χ2n) is 4.58. The van der Waals surface area contributed by atoms with Gasteiger partial charge in [-0.05, 0) is 32.2 Å². The van der Waals surface area contributed by atoms with Crippen LogP contribution in [0.15, 0.2) is 0 Å². The smallest absolute Gasteiger partial charge is 0.320 e. The number of nitrogens with two attached hydrogens (primary N) is 2. The van der Waals surface area contributed by atoms with Gasteiger partial charge in [-0.25, -0.2) is 0 Å². The number of unbranched alkanes of at least 4 members (excludes halogenated alkanes) is 3. The van der Waals surface area contributed by atoms with Gasteiger partial charge in [-0.3, -0.25) is 14.4 Å². The molecule has 124 valence electrons. The number of carbonyl (C=O) groups is 3. The van der Waals surface area contributed by atoms with Gasteiger partial charge in [0.25, 0.3) is 0 Å². The third-order valence-electron chi connectivity index (χ3n) is 2.57. The summed E-state index contributed by atoms with van der Waals surface area (Å²) >= 11 is 0. The first-order chi connectivity index (χ1) is 9.81. The average Bonchev–Trinajstić information content (AvgIpc) is 2.38. The molecule has 0 fully saturated rings. The van der Waals surface area contributed by atoms with E-state index in [1.54, 1.807) is 0 Å². The molecular formula is C13H26N2O6. The molecule has 0 amide bonds. The lowest BCUT2D eigenvalue weighted by atomic mass is 10.1. The van der Waals surface area contributed by atoms with Gasteiger partial charge in [0, 0.05) is 12.8 Å². The Labute approximate surface area is 124 Å². The molecule has 21 heavy (non-hydrogen) atoms. The van der Waals surface area contributed by atoms with Crippen molar-refractivity contribution in [2.24, 2.45) is 11.5 Å². The highest BCUT2D eigenvalue weighted by Gasteiger charge is 2.09. The second-order valence-corrected chi connectivity index (χ2v) is 4.58. The number of hydrogen-bond acceptors (Lipinski definition) is 5. The summed E-state index contributed by atoms with van der Waals surface area (Å²) in [6.45, 7) is 0.604. The van der Waals surface area contributed by atoms with E-state index in [1.807, 2.05) is 0 Å². The van der Waals surface area contributed by atoms with Crippen molar-refractivity contribution in [1.82, 2.24) is 0 Å². The van der Waals surface area contributed by atoms with Crippen LogP contribution in [-0.4, -0.2) is 45.8 Å². The lowest BCUT2D eigenvalue weighted by Crippen LogP contribution is -2.29. The molecule has 1 unspecified atom stereocenters. The summed E-state index contributed by atoms with van der Waals surface area (Å²) < 4.78 is 0. The van der Waals surface area contributed by atoms with E-state index in [1.165, 1.54) is 0 Å². The largest absolute Gasteiger partial charge is 0.481 e. The van der Waals surface area contributed by atoms with Crippen LogP contribution in [0.2, 0.25) is 0 Å². The highest BCUT2D eigenvalue weighted by molar-refractivity contribution is 5.72. The van der Waals surface area contributed by atoms with Crippen molar-refractivity contribution >= 4 is 17.9 Å². The lowest BCUT2D eigenvalue weighted by Gasteiger charge is -2.03. The Hall–Kier alpha value is -1.67. The molecule has 0 spiro atoms. The number of carboxylic acids is 3. The Morgan fingerprint density at radius 1 is 0.810 bits per heavy atom. The molecule has 8 heteroatoms. The Bertz CT molecular complexity index is 293. The van der Waals surface area contributed by atoms with Crippen molar-refractivity contribution < 1.29 is 29.7 Å². The van der Waals surface area contributed by atoms with Gasteiger partial charge in [-0.2, -0.15) is 0 Å². The van der Waals surface area contributed by atoms with Gasteiger partial charge in [0.2, 0.25) is 0 Å². The maximum absolute atomic E-state index is 10.1. The summed E-state index contributed by atoms with van der Waals surface area (Å²) in [5.74, 6) is -2.57. The van der Waals surface area contributed by atoms with Crippen LogP contribution in [0.4, 0.5) is 0 Å². The first kappa shape index (κ1) is 21.6. The van der Waals surface area contributed by atoms with Crippen LogP contribution in [0, 0.1) is 0 Å². The number of aliphatic carboxylic acids is 3. The topological polar surface area (TPSA) is 164 Å². The first-order valence-corrected chi connectivity index (χ1v) is 6.93. The highest BCUT2D eigenvalue weighted by Crippen LogP contribution is 2.02. The summed E-state index contributed by atoms with van der Waals surface area (Å²) in [6, 6.07) is -0.716. The average molecular weight is 306 g/mol. The SMILES string of the molecule is NCCCCC(N)C(=O)O.O=C(O)CCCCCC(=O)O. The van der Waals surface area contributed by atoms with Crippen LogP contribution in [0.5, 0.6) is 0 Å². The molecule has 0 aromatic carbocycles. The van der Waals surface area contributed by atoms with Crippen LogP contribution in [0.3, 0.4) is 0 Å². The molecular weight excluding hydrogens is 280 g/mol. The summed E-state index contributed by atoms with van der Waals surface area (Å²) in [6.07, 6.45) is 4.26. The molecule has 0 radical (unpaired) electrons. The fourth-order valence-electron chi connectivity index (χ4n) is 1.36. The summed E-state index contributed by atoms with van der Waals surface area (Å²) in [7, 11) is 0. The van der Waals surface area contributed by atoms with Crippen molar-refractivity contribution in [2.45, 2.75) is 57.4 Å². The minimum absolute atomic E-state index is 0.139. The van der Waals surface area contributed by atoms with Crippen molar-refractivity contribution in [3.8, 4) is 0 Å². The fraction of sp³-hybridized carbons (Fsp3) is 0.769. The van der Waals surface area contributed by atoms with E-state index in [-0.39, 0.29) is 12.8 Å². The predicted octanol–water partition coefficient (Wildman–Crippen LogP) is 0.633.